The molecule has 1 aliphatic heterocycles. The van der Waals surface area contributed by atoms with Crippen molar-refractivity contribution in [2.24, 2.45) is 5.92 Å². The molecule has 0 saturated heterocycles. The zero-order chi connectivity index (χ0) is 15.2. The summed E-state index contributed by atoms with van der Waals surface area (Å²) in [6, 6.07) is 7.59. The number of benzene rings is 1. The third-order valence-electron chi connectivity index (χ3n) is 3.16. The van der Waals surface area contributed by atoms with Crippen molar-refractivity contribution in [3.05, 3.63) is 35.4 Å². The van der Waals surface area contributed by atoms with Crippen molar-refractivity contribution in [1.29, 1.82) is 0 Å². The molecule has 112 valence electrons. The summed E-state index contributed by atoms with van der Waals surface area (Å²) in [6.07, 6.45) is 1.83. The molecule has 0 unspecified atom stereocenters. The number of hydrogen-bond acceptors (Lipinski definition) is 3. The van der Waals surface area contributed by atoms with Gasteiger partial charge in [0, 0.05) is 24.6 Å². The van der Waals surface area contributed by atoms with Crippen LogP contribution in [0.25, 0.3) is 6.08 Å². The Hall–Kier alpha value is -2.30. The second kappa shape index (κ2) is 6.92. The minimum atomic E-state index is -0.164. The van der Waals surface area contributed by atoms with Crippen LogP contribution in [-0.4, -0.2) is 31.5 Å². The third-order valence-corrected chi connectivity index (χ3v) is 3.16. The van der Waals surface area contributed by atoms with E-state index in [0.717, 1.165) is 11.3 Å². The molecular weight excluding hydrogens is 268 g/mol. The molecule has 1 aliphatic rings. The van der Waals surface area contributed by atoms with E-state index in [1.807, 2.05) is 44.2 Å². The highest BCUT2D eigenvalue weighted by molar-refractivity contribution is 5.99. The number of para-hydroxylation sites is 1. The molecule has 0 bridgehead atoms. The standard InChI is InChI=1S/C16H20N2O3/c1-11(2)15(19)17-7-8-18-16(20)13-9-12-5-3-4-6-14(12)21-10-13/h3-6,9,11H,7-8,10H2,1-2H3,(H,17,19)(H,18,20). The van der Waals surface area contributed by atoms with Crippen LogP contribution in [-0.2, 0) is 9.59 Å². The molecule has 0 aromatic heterocycles. The summed E-state index contributed by atoms with van der Waals surface area (Å²) in [5, 5.41) is 5.53. The van der Waals surface area contributed by atoms with E-state index in [4.69, 9.17) is 4.74 Å². The molecule has 0 fully saturated rings. The van der Waals surface area contributed by atoms with Crippen molar-refractivity contribution < 1.29 is 14.3 Å². The topological polar surface area (TPSA) is 67.4 Å². The largest absolute Gasteiger partial charge is 0.488 e. The highest BCUT2D eigenvalue weighted by atomic mass is 16.5. The maximum absolute atomic E-state index is 12.0. The van der Waals surface area contributed by atoms with Gasteiger partial charge in [0.2, 0.25) is 5.91 Å². The minimum absolute atomic E-state index is 0.0154. The summed E-state index contributed by atoms with van der Waals surface area (Å²) in [5.74, 6) is 0.562. The van der Waals surface area contributed by atoms with Gasteiger partial charge in [-0.15, -0.1) is 0 Å². The molecule has 0 spiro atoms. The lowest BCUT2D eigenvalue weighted by Gasteiger charge is -2.17. The maximum Gasteiger partial charge on any atom is 0.250 e. The van der Waals surface area contributed by atoms with E-state index in [1.165, 1.54) is 0 Å². The average Bonchev–Trinajstić information content (AvgIpc) is 2.50. The maximum atomic E-state index is 12.0. The van der Waals surface area contributed by atoms with Crippen molar-refractivity contribution in [3.63, 3.8) is 0 Å². The Labute approximate surface area is 124 Å². The van der Waals surface area contributed by atoms with Crippen molar-refractivity contribution in [1.82, 2.24) is 10.6 Å². The predicted octanol–water partition coefficient (Wildman–Crippen LogP) is 1.35. The van der Waals surface area contributed by atoms with Crippen molar-refractivity contribution in [3.8, 4) is 5.75 Å². The van der Waals surface area contributed by atoms with Crippen LogP contribution in [0.4, 0.5) is 0 Å². The van der Waals surface area contributed by atoms with Gasteiger partial charge in [-0.3, -0.25) is 9.59 Å². The normalized spacial score (nSPS) is 13.0. The van der Waals surface area contributed by atoms with Gasteiger partial charge in [0.15, 0.2) is 0 Å². The van der Waals surface area contributed by atoms with E-state index < -0.39 is 0 Å². The smallest absolute Gasteiger partial charge is 0.250 e. The lowest BCUT2D eigenvalue weighted by Crippen LogP contribution is -2.37. The fourth-order valence-electron chi connectivity index (χ4n) is 1.93. The number of hydrogen-bond donors (Lipinski definition) is 2. The van der Waals surface area contributed by atoms with Crippen LogP contribution >= 0.6 is 0 Å². The van der Waals surface area contributed by atoms with E-state index in [1.54, 1.807) is 0 Å². The fourth-order valence-corrected chi connectivity index (χ4v) is 1.93. The number of carbonyl (C=O) groups excluding carboxylic acids is 2. The highest BCUT2D eigenvalue weighted by Crippen LogP contribution is 2.25. The zero-order valence-electron chi connectivity index (χ0n) is 12.3. The molecule has 0 radical (unpaired) electrons. The van der Waals surface area contributed by atoms with Gasteiger partial charge < -0.3 is 15.4 Å². The second-order valence-corrected chi connectivity index (χ2v) is 5.20. The molecule has 5 nitrogen and oxygen atoms in total. The predicted molar refractivity (Wildman–Crippen MR) is 80.8 cm³/mol. The molecule has 0 atom stereocenters. The van der Waals surface area contributed by atoms with Gasteiger partial charge in [-0.1, -0.05) is 32.0 Å². The number of fused-ring (bicyclic) bond motifs is 1. The molecule has 1 aromatic rings. The van der Waals surface area contributed by atoms with Crippen LogP contribution in [0.3, 0.4) is 0 Å². The summed E-state index contributed by atoms with van der Waals surface area (Å²) >= 11 is 0. The Balaban J connectivity index is 1.82. The number of nitrogens with one attached hydrogen (secondary N) is 2. The summed E-state index contributed by atoms with van der Waals surface area (Å²) in [6.45, 7) is 4.75. The molecule has 0 aliphatic carbocycles. The zero-order valence-corrected chi connectivity index (χ0v) is 12.3. The monoisotopic (exact) mass is 288 g/mol. The van der Waals surface area contributed by atoms with Gasteiger partial charge in [-0.05, 0) is 12.1 Å². The van der Waals surface area contributed by atoms with Crippen LogP contribution in [0.5, 0.6) is 5.75 Å². The van der Waals surface area contributed by atoms with Crippen LogP contribution in [0, 0.1) is 5.92 Å². The summed E-state index contributed by atoms with van der Waals surface area (Å²) in [7, 11) is 0. The lowest BCUT2D eigenvalue weighted by atomic mass is 10.1. The lowest BCUT2D eigenvalue weighted by molar-refractivity contribution is -0.124. The summed E-state index contributed by atoms with van der Waals surface area (Å²) < 4.78 is 5.53. The number of carbonyl (C=O) groups is 2. The van der Waals surface area contributed by atoms with Gasteiger partial charge in [0.25, 0.3) is 5.91 Å². The first-order chi connectivity index (χ1) is 10.1. The van der Waals surface area contributed by atoms with E-state index in [-0.39, 0.29) is 24.3 Å². The Morgan fingerprint density at radius 2 is 1.90 bits per heavy atom. The van der Waals surface area contributed by atoms with E-state index >= 15 is 0 Å². The van der Waals surface area contributed by atoms with Gasteiger partial charge in [-0.25, -0.2) is 0 Å². The van der Waals surface area contributed by atoms with E-state index in [9.17, 15) is 9.59 Å². The molecule has 21 heavy (non-hydrogen) atoms. The molecule has 2 amide bonds. The minimum Gasteiger partial charge on any atom is -0.488 e. The second-order valence-electron chi connectivity index (χ2n) is 5.20. The Kier molecular flexibility index (Phi) is 4.98. The van der Waals surface area contributed by atoms with E-state index in [0.29, 0.717) is 18.7 Å². The molecule has 2 rings (SSSR count). The summed E-state index contributed by atoms with van der Waals surface area (Å²) in [5.41, 5.74) is 1.49. The first kappa shape index (κ1) is 15.1. The van der Waals surface area contributed by atoms with E-state index in [2.05, 4.69) is 10.6 Å². The Morgan fingerprint density at radius 1 is 1.19 bits per heavy atom. The fraction of sp³-hybridized carbons (Fsp3) is 0.375. The van der Waals surface area contributed by atoms with Gasteiger partial charge in [0.05, 0.1) is 5.57 Å². The average molecular weight is 288 g/mol. The van der Waals surface area contributed by atoms with Gasteiger partial charge in [0.1, 0.15) is 12.4 Å². The van der Waals surface area contributed by atoms with Crippen molar-refractivity contribution in [2.45, 2.75) is 13.8 Å². The molecule has 5 heteroatoms. The first-order valence-electron chi connectivity index (χ1n) is 7.06. The molecule has 1 aromatic carbocycles. The Morgan fingerprint density at radius 3 is 2.67 bits per heavy atom. The van der Waals surface area contributed by atoms with Crippen molar-refractivity contribution >= 4 is 17.9 Å². The first-order valence-corrected chi connectivity index (χ1v) is 7.06. The molecule has 2 N–H and O–H groups in total. The summed E-state index contributed by atoms with van der Waals surface area (Å²) in [4.78, 5) is 23.4. The molecule has 1 heterocycles. The SMILES string of the molecule is CC(C)C(=O)NCCNC(=O)C1=Cc2ccccc2OC1. The van der Waals surface area contributed by atoms with Crippen LogP contribution in [0.2, 0.25) is 0 Å². The number of rotatable bonds is 5. The number of amides is 2. The Bertz CT molecular complexity index is 564. The highest BCUT2D eigenvalue weighted by Gasteiger charge is 2.16. The third kappa shape index (κ3) is 4.08. The van der Waals surface area contributed by atoms with Gasteiger partial charge >= 0.3 is 0 Å². The molecule has 0 saturated carbocycles. The van der Waals surface area contributed by atoms with Crippen LogP contribution < -0.4 is 15.4 Å². The quantitative estimate of drug-likeness (QED) is 0.804. The number of ether oxygens (including phenoxy) is 1. The van der Waals surface area contributed by atoms with Crippen LogP contribution in [0.15, 0.2) is 29.8 Å². The van der Waals surface area contributed by atoms with Crippen LogP contribution in [0.1, 0.15) is 19.4 Å². The van der Waals surface area contributed by atoms with Gasteiger partial charge in [-0.2, -0.15) is 0 Å². The molecular formula is C16H20N2O3. The van der Waals surface area contributed by atoms with Crippen molar-refractivity contribution in [2.75, 3.05) is 19.7 Å².